The maximum Gasteiger partial charge on any atom is 0.0356 e. The van der Waals surface area contributed by atoms with E-state index in [4.69, 9.17) is 5.73 Å². The molecule has 1 aliphatic carbocycles. The van der Waals surface area contributed by atoms with E-state index in [1.165, 1.54) is 51.7 Å². The van der Waals surface area contributed by atoms with E-state index in [1.807, 2.05) is 0 Å². The van der Waals surface area contributed by atoms with Crippen LogP contribution in [0.3, 0.4) is 0 Å². The molecule has 1 saturated heterocycles. The molecule has 2 N–H and O–H groups in total. The van der Waals surface area contributed by atoms with Gasteiger partial charge in [0.1, 0.15) is 0 Å². The third-order valence-electron chi connectivity index (χ3n) is 6.20. The van der Waals surface area contributed by atoms with Gasteiger partial charge >= 0.3 is 0 Å². The summed E-state index contributed by atoms with van der Waals surface area (Å²) in [4.78, 5) is 5.10. The molecule has 0 amide bonds. The molecule has 0 aromatic heterocycles. The van der Waals surface area contributed by atoms with Crippen LogP contribution in [0.4, 0.5) is 0 Å². The van der Waals surface area contributed by atoms with Crippen molar-refractivity contribution in [3.8, 4) is 0 Å². The first-order valence-corrected chi connectivity index (χ1v) is 8.57. The molecule has 1 saturated carbocycles. The average molecular weight is 281 g/mol. The lowest BCUT2D eigenvalue weighted by atomic mass is 9.68. The second kappa shape index (κ2) is 6.76. The van der Waals surface area contributed by atoms with Gasteiger partial charge in [0.05, 0.1) is 0 Å². The van der Waals surface area contributed by atoms with Gasteiger partial charge in [0, 0.05) is 18.6 Å². The van der Waals surface area contributed by atoms with Crippen molar-refractivity contribution in [1.29, 1.82) is 0 Å². The van der Waals surface area contributed by atoms with Gasteiger partial charge in [-0.2, -0.15) is 0 Å². The fraction of sp³-hybridized carbons (Fsp3) is 1.00. The first-order chi connectivity index (χ1) is 9.48. The summed E-state index contributed by atoms with van der Waals surface area (Å²) in [6.07, 6.45) is 6.71. The molecule has 118 valence electrons. The molecule has 0 spiro atoms. The zero-order chi connectivity index (χ0) is 14.8. The maximum atomic E-state index is 6.27. The molecule has 1 aliphatic heterocycles. The van der Waals surface area contributed by atoms with Gasteiger partial charge < -0.3 is 10.6 Å². The van der Waals surface area contributed by atoms with Crippen molar-refractivity contribution in [1.82, 2.24) is 9.80 Å². The summed E-state index contributed by atoms with van der Waals surface area (Å²) in [5.74, 6) is 2.43. The Morgan fingerprint density at radius 2 is 1.80 bits per heavy atom. The minimum absolute atomic E-state index is 0.251. The van der Waals surface area contributed by atoms with Crippen molar-refractivity contribution >= 4 is 0 Å². The summed E-state index contributed by atoms with van der Waals surface area (Å²) < 4.78 is 0. The van der Waals surface area contributed by atoms with Crippen LogP contribution in [0.1, 0.15) is 46.0 Å². The Morgan fingerprint density at radius 3 is 2.40 bits per heavy atom. The summed E-state index contributed by atoms with van der Waals surface area (Å²) in [7, 11) is 4.58. The van der Waals surface area contributed by atoms with E-state index in [1.54, 1.807) is 0 Å². The lowest BCUT2D eigenvalue weighted by Gasteiger charge is -2.51. The molecule has 0 aromatic carbocycles. The zero-order valence-corrected chi connectivity index (χ0v) is 14.1. The summed E-state index contributed by atoms with van der Waals surface area (Å²) >= 11 is 0. The number of hydrogen-bond donors (Lipinski definition) is 1. The monoisotopic (exact) mass is 281 g/mol. The quantitative estimate of drug-likeness (QED) is 0.859. The highest BCUT2D eigenvalue weighted by Gasteiger charge is 2.43. The van der Waals surface area contributed by atoms with E-state index < -0.39 is 0 Å². The van der Waals surface area contributed by atoms with Crippen LogP contribution in [0, 0.1) is 17.8 Å². The number of rotatable bonds is 4. The van der Waals surface area contributed by atoms with Crippen LogP contribution < -0.4 is 5.73 Å². The van der Waals surface area contributed by atoms with Crippen LogP contribution in [0.25, 0.3) is 0 Å². The minimum atomic E-state index is 0.251. The Bertz CT molecular complexity index is 299. The van der Waals surface area contributed by atoms with Crippen molar-refractivity contribution in [2.75, 3.05) is 40.3 Å². The third-order valence-corrected chi connectivity index (χ3v) is 6.20. The molecule has 0 radical (unpaired) electrons. The van der Waals surface area contributed by atoms with Gasteiger partial charge in [-0.25, -0.2) is 0 Å². The highest BCUT2D eigenvalue weighted by Crippen LogP contribution is 2.40. The predicted molar refractivity (Wildman–Crippen MR) is 86.8 cm³/mol. The number of likely N-dealkylation sites (tertiary alicyclic amines) is 1. The van der Waals surface area contributed by atoms with Crippen LogP contribution in [0.2, 0.25) is 0 Å². The number of nitrogens with two attached hydrogens (primary N) is 1. The maximum absolute atomic E-state index is 6.27. The third kappa shape index (κ3) is 3.37. The standard InChI is InChI=1S/C17H35N3/c1-14-5-6-15(2)17(11-14,13-18)20(4)12-16-7-9-19(3)10-8-16/h14-16H,5-13,18H2,1-4H3. The van der Waals surface area contributed by atoms with E-state index >= 15 is 0 Å². The van der Waals surface area contributed by atoms with E-state index in [9.17, 15) is 0 Å². The molecule has 1 heterocycles. The van der Waals surface area contributed by atoms with Crippen LogP contribution in [0.15, 0.2) is 0 Å². The number of likely N-dealkylation sites (N-methyl/N-ethyl adjacent to an activating group) is 1. The molecule has 0 bridgehead atoms. The van der Waals surface area contributed by atoms with Crippen LogP contribution >= 0.6 is 0 Å². The van der Waals surface area contributed by atoms with Crippen molar-refractivity contribution in [2.24, 2.45) is 23.5 Å². The molecule has 3 heteroatoms. The molecule has 3 nitrogen and oxygen atoms in total. The first kappa shape index (κ1) is 16.3. The van der Waals surface area contributed by atoms with Crippen molar-refractivity contribution in [3.63, 3.8) is 0 Å². The largest absolute Gasteiger partial charge is 0.329 e. The molecule has 2 fully saturated rings. The SMILES string of the molecule is CC1CCC(C)C(CN)(N(C)CC2CCN(C)CC2)C1. The lowest BCUT2D eigenvalue weighted by molar-refractivity contribution is -0.000699. The van der Waals surface area contributed by atoms with Gasteiger partial charge in [-0.3, -0.25) is 4.90 Å². The molecule has 0 aromatic rings. The summed E-state index contributed by atoms with van der Waals surface area (Å²) in [6, 6.07) is 0. The summed E-state index contributed by atoms with van der Waals surface area (Å²) in [6.45, 7) is 9.41. The van der Waals surface area contributed by atoms with Gasteiger partial charge in [0.15, 0.2) is 0 Å². The van der Waals surface area contributed by atoms with Crippen LogP contribution in [-0.4, -0.2) is 55.6 Å². The van der Waals surface area contributed by atoms with E-state index in [-0.39, 0.29) is 5.54 Å². The summed E-state index contributed by atoms with van der Waals surface area (Å²) in [5.41, 5.74) is 6.52. The number of piperidine rings is 1. The lowest BCUT2D eigenvalue weighted by Crippen LogP contribution is -2.60. The van der Waals surface area contributed by atoms with E-state index in [0.717, 1.165) is 24.3 Å². The van der Waals surface area contributed by atoms with Crippen molar-refractivity contribution in [3.05, 3.63) is 0 Å². The van der Waals surface area contributed by atoms with Gasteiger partial charge in [-0.05, 0) is 70.6 Å². The predicted octanol–water partition coefficient (Wildman–Crippen LogP) is 2.41. The first-order valence-electron chi connectivity index (χ1n) is 8.57. The van der Waals surface area contributed by atoms with Gasteiger partial charge in [0.2, 0.25) is 0 Å². The minimum Gasteiger partial charge on any atom is -0.329 e. The molecule has 20 heavy (non-hydrogen) atoms. The molecule has 2 rings (SSSR count). The smallest absolute Gasteiger partial charge is 0.0356 e. The molecule has 2 aliphatic rings. The molecule has 3 unspecified atom stereocenters. The van der Waals surface area contributed by atoms with Crippen molar-refractivity contribution < 1.29 is 0 Å². The second-order valence-corrected chi connectivity index (χ2v) is 7.72. The van der Waals surface area contributed by atoms with Gasteiger partial charge in [-0.15, -0.1) is 0 Å². The number of hydrogen-bond acceptors (Lipinski definition) is 3. The normalized spacial score (nSPS) is 37.5. The zero-order valence-electron chi connectivity index (χ0n) is 14.1. The molecular formula is C17H35N3. The van der Waals surface area contributed by atoms with Gasteiger partial charge in [0.25, 0.3) is 0 Å². The Labute approximate surface area is 125 Å². The highest BCUT2D eigenvalue weighted by atomic mass is 15.2. The fourth-order valence-corrected chi connectivity index (χ4v) is 4.50. The van der Waals surface area contributed by atoms with Crippen LogP contribution in [0.5, 0.6) is 0 Å². The average Bonchev–Trinajstić information content (AvgIpc) is 2.44. The topological polar surface area (TPSA) is 32.5 Å². The Hall–Kier alpha value is -0.120. The van der Waals surface area contributed by atoms with E-state index in [2.05, 4.69) is 37.7 Å². The van der Waals surface area contributed by atoms with Crippen LogP contribution in [-0.2, 0) is 0 Å². The molecular weight excluding hydrogens is 246 g/mol. The number of nitrogens with zero attached hydrogens (tertiary/aromatic N) is 2. The second-order valence-electron chi connectivity index (χ2n) is 7.72. The molecule has 3 atom stereocenters. The Morgan fingerprint density at radius 1 is 1.15 bits per heavy atom. The van der Waals surface area contributed by atoms with Crippen molar-refractivity contribution in [2.45, 2.75) is 51.5 Å². The highest BCUT2D eigenvalue weighted by molar-refractivity contribution is 4.99. The Balaban J connectivity index is 1.99. The summed E-state index contributed by atoms with van der Waals surface area (Å²) in [5, 5.41) is 0. The van der Waals surface area contributed by atoms with E-state index in [0.29, 0.717) is 0 Å². The van der Waals surface area contributed by atoms with Gasteiger partial charge in [-0.1, -0.05) is 20.3 Å². The Kier molecular flexibility index (Phi) is 5.49. The fourth-order valence-electron chi connectivity index (χ4n) is 4.50.